The molecule has 1 rings (SSSR count). The summed E-state index contributed by atoms with van der Waals surface area (Å²) in [5, 5.41) is 2.85. The van der Waals surface area contributed by atoms with Gasteiger partial charge in [-0.15, -0.1) is 0 Å². The van der Waals surface area contributed by atoms with Crippen LogP contribution in [-0.4, -0.2) is 13.0 Å². The fraction of sp³-hybridized carbons (Fsp3) is 0.188. The predicted octanol–water partition coefficient (Wildman–Crippen LogP) is 3.72. The van der Waals surface area contributed by atoms with Gasteiger partial charge in [0.1, 0.15) is 5.75 Å². The third-order valence-corrected chi connectivity index (χ3v) is 2.85. The molecule has 0 aliphatic heterocycles. The van der Waals surface area contributed by atoms with Crippen LogP contribution in [0.25, 0.3) is 0 Å². The zero-order chi connectivity index (χ0) is 15.1. The number of allylic oxidation sites excluding steroid dienone is 2. The summed E-state index contributed by atoms with van der Waals surface area (Å²) >= 11 is 3.22. The van der Waals surface area contributed by atoms with E-state index in [1.54, 1.807) is 20.1 Å². The molecule has 0 saturated carbocycles. The molecule has 4 heteroatoms. The topological polar surface area (TPSA) is 38.3 Å². The molecule has 0 aromatic heterocycles. The molecule has 0 radical (unpaired) electrons. The van der Waals surface area contributed by atoms with E-state index < -0.39 is 0 Å². The largest absolute Gasteiger partial charge is 0.497 e. The lowest BCUT2D eigenvalue weighted by Crippen LogP contribution is -2.24. The monoisotopic (exact) mass is 335 g/mol. The number of halogens is 1. The van der Waals surface area contributed by atoms with E-state index in [9.17, 15) is 4.79 Å². The number of rotatable bonds is 6. The maximum atomic E-state index is 12.1. The first-order valence-electron chi connectivity index (χ1n) is 6.07. The Kier molecular flexibility index (Phi) is 6.25. The van der Waals surface area contributed by atoms with Gasteiger partial charge in [-0.1, -0.05) is 41.2 Å². The number of benzene rings is 1. The normalized spacial score (nSPS) is 10.8. The molecule has 0 saturated heterocycles. The molecular formula is C16H18BrNO2. The summed E-state index contributed by atoms with van der Waals surface area (Å²) in [6, 6.07) is 7.54. The second-order valence-electron chi connectivity index (χ2n) is 4.32. The lowest BCUT2D eigenvalue weighted by atomic mass is 10.1. The van der Waals surface area contributed by atoms with E-state index in [1.165, 1.54) is 0 Å². The predicted molar refractivity (Wildman–Crippen MR) is 85.8 cm³/mol. The third kappa shape index (κ3) is 5.05. The highest BCUT2D eigenvalue weighted by atomic mass is 79.9. The number of nitrogens with one attached hydrogen (secondary N) is 1. The number of hydrogen-bond acceptors (Lipinski definition) is 2. The number of hydrogen-bond donors (Lipinski definition) is 1. The zero-order valence-corrected chi connectivity index (χ0v) is 13.3. The van der Waals surface area contributed by atoms with E-state index in [1.807, 2.05) is 24.3 Å². The quantitative estimate of drug-likeness (QED) is 0.635. The van der Waals surface area contributed by atoms with Crippen molar-refractivity contribution < 1.29 is 9.53 Å². The maximum absolute atomic E-state index is 12.1. The van der Waals surface area contributed by atoms with Gasteiger partial charge >= 0.3 is 0 Å². The molecule has 0 aliphatic rings. The number of carbonyl (C=O) groups excluding carboxylic acids is 1. The Balaban J connectivity index is 2.69. The van der Waals surface area contributed by atoms with Crippen LogP contribution >= 0.6 is 15.9 Å². The Morgan fingerprint density at radius 2 is 1.95 bits per heavy atom. The van der Waals surface area contributed by atoms with Crippen LogP contribution in [-0.2, 0) is 11.3 Å². The lowest BCUT2D eigenvalue weighted by molar-refractivity contribution is -0.117. The van der Waals surface area contributed by atoms with Gasteiger partial charge in [-0.2, -0.15) is 0 Å². The fourth-order valence-corrected chi connectivity index (χ4v) is 1.79. The van der Waals surface area contributed by atoms with Crippen LogP contribution in [0.1, 0.15) is 12.5 Å². The van der Waals surface area contributed by atoms with E-state index in [0.29, 0.717) is 22.2 Å². The molecule has 106 valence electrons. The van der Waals surface area contributed by atoms with Crippen LogP contribution < -0.4 is 10.1 Å². The Morgan fingerprint density at radius 1 is 1.35 bits per heavy atom. The molecule has 0 fully saturated rings. The molecule has 1 N–H and O–H groups in total. The van der Waals surface area contributed by atoms with Crippen LogP contribution in [0.2, 0.25) is 0 Å². The minimum absolute atomic E-state index is 0.172. The minimum atomic E-state index is -0.172. The Hall–Kier alpha value is -1.81. The van der Waals surface area contributed by atoms with Gasteiger partial charge in [0.2, 0.25) is 0 Å². The molecule has 0 atom stereocenters. The van der Waals surface area contributed by atoms with Crippen LogP contribution in [0.4, 0.5) is 0 Å². The number of methoxy groups -OCH3 is 1. The van der Waals surface area contributed by atoms with Gasteiger partial charge in [-0.05, 0) is 36.3 Å². The van der Waals surface area contributed by atoms with Crippen molar-refractivity contribution in [1.29, 1.82) is 0 Å². The smallest absolute Gasteiger partial charge is 0.251 e. The summed E-state index contributed by atoms with van der Waals surface area (Å²) in [6.45, 7) is 9.74. The van der Waals surface area contributed by atoms with Crippen LogP contribution in [0.5, 0.6) is 5.75 Å². The first kappa shape index (κ1) is 16.2. The number of ether oxygens (including phenoxy) is 1. The van der Waals surface area contributed by atoms with Gasteiger partial charge < -0.3 is 10.1 Å². The van der Waals surface area contributed by atoms with Crippen LogP contribution in [0, 0.1) is 0 Å². The third-order valence-electron chi connectivity index (χ3n) is 2.62. The van der Waals surface area contributed by atoms with Crippen molar-refractivity contribution in [2.45, 2.75) is 13.5 Å². The van der Waals surface area contributed by atoms with Crippen molar-refractivity contribution in [1.82, 2.24) is 5.32 Å². The summed E-state index contributed by atoms with van der Waals surface area (Å²) in [4.78, 5) is 12.1. The van der Waals surface area contributed by atoms with Gasteiger partial charge in [-0.3, -0.25) is 4.79 Å². The van der Waals surface area contributed by atoms with Crippen molar-refractivity contribution >= 4 is 21.8 Å². The van der Waals surface area contributed by atoms with Crippen molar-refractivity contribution in [2.75, 3.05) is 7.11 Å². The Bertz CT molecular complexity index is 544. The van der Waals surface area contributed by atoms with Crippen molar-refractivity contribution in [2.24, 2.45) is 0 Å². The molecule has 1 aromatic rings. The van der Waals surface area contributed by atoms with Crippen molar-refractivity contribution in [3.8, 4) is 5.75 Å². The SMILES string of the molecule is C=C(Br)/C=C(\C(=C)C)C(=O)NCc1ccc(OC)cc1. The summed E-state index contributed by atoms with van der Waals surface area (Å²) in [5.41, 5.74) is 2.20. The van der Waals surface area contributed by atoms with Crippen molar-refractivity contribution in [3.63, 3.8) is 0 Å². The number of carbonyl (C=O) groups is 1. The lowest BCUT2D eigenvalue weighted by Gasteiger charge is -2.09. The fourth-order valence-electron chi connectivity index (χ4n) is 1.56. The maximum Gasteiger partial charge on any atom is 0.251 e. The molecule has 0 heterocycles. The Labute approximate surface area is 128 Å². The molecule has 0 unspecified atom stereocenters. The van der Waals surface area contributed by atoms with Gasteiger partial charge in [0, 0.05) is 16.6 Å². The molecule has 0 spiro atoms. The summed E-state index contributed by atoms with van der Waals surface area (Å²) in [5.74, 6) is 0.618. The van der Waals surface area contributed by atoms with Gasteiger partial charge in [0.15, 0.2) is 0 Å². The highest BCUT2D eigenvalue weighted by molar-refractivity contribution is 9.11. The first-order chi connectivity index (χ1) is 9.43. The van der Waals surface area contributed by atoms with E-state index in [4.69, 9.17) is 4.74 Å². The molecule has 0 bridgehead atoms. The molecular weight excluding hydrogens is 318 g/mol. The minimum Gasteiger partial charge on any atom is -0.497 e. The number of amides is 1. The standard InChI is InChI=1S/C16H18BrNO2/c1-11(2)15(9-12(3)17)16(19)18-10-13-5-7-14(20-4)8-6-13/h5-9H,1,3,10H2,2,4H3,(H,18,19)/b15-9+. The van der Waals surface area contributed by atoms with Crippen molar-refractivity contribution in [3.05, 3.63) is 64.7 Å². The average Bonchev–Trinajstić information content (AvgIpc) is 2.42. The second kappa shape index (κ2) is 7.70. The Morgan fingerprint density at radius 3 is 2.40 bits per heavy atom. The summed E-state index contributed by atoms with van der Waals surface area (Å²) in [6.07, 6.45) is 1.66. The molecule has 1 amide bonds. The van der Waals surface area contributed by atoms with Gasteiger partial charge in [0.25, 0.3) is 5.91 Å². The highest BCUT2D eigenvalue weighted by Gasteiger charge is 2.10. The summed E-state index contributed by atoms with van der Waals surface area (Å²) < 4.78 is 5.72. The summed E-state index contributed by atoms with van der Waals surface area (Å²) in [7, 11) is 1.62. The zero-order valence-electron chi connectivity index (χ0n) is 11.7. The first-order valence-corrected chi connectivity index (χ1v) is 6.86. The van der Waals surface area contributed by atoms with Gasteiger partial charge in [0.05, 0.1) is 7.11 Å². The van der Waals surface area contributed by atoms with Crippen LogP contribution in [0.3, 0.4) is 0 Å². The van der Waals surface area contributed by atoms with Gasteiger partial charge in [-0.25, -0.2) is 0 Å². The van der Waals surface area contributed by atoms with E-state index in [0.717, 1.165) is 11.3 Å². The van der Waals surface area contributed by atoms with Crippen LogP contribution in [0.15, 0.2) is 59.1 Å². The molecule has 3 nitrogen and oxygen atoms in total. The molecule has 20 heavy (non-hydrogen) atoms. The van der Waals surface area contributed by atoms with E-state index in [2.05, 4.69) is 34.4 Å². The molecule has 1 aromatic carbocycles. The average molecular weight is 336 g/mol. The highest BCUT2D eigenvalue weighted by Crippen LogP contribution is 2.14. The van der Waals surface area contributed by atoms with E-state index in [-0.39, 0.29) is 5.91 Å². The second-order valence-corrected chi connectivity index (χ2v) is 5.33. The van der Waals surface area contributed by atoms with E-state index >= 15 is 0 Å². The molecule has 0 aliphatic carbocycles.